The normalized spacial score (nSPS) is 17.2. The average Bonchev–Trinajstić information content (AvgIpc) is 3.31. The highest BCUT2D eigenvalue weighted by Gasteiger charge is 2.49. The minimum atomic E-state index is -0.640. The van der Waals surface area contributed by atoms with Crippen LogP contribution in [-0.2, 0) is 18.2 Å². The third-order valence-corrected chi connectivity index (χ3v) is 9.36. The first-order chi connectivity index (χ1) is 20.3. The van der Waals surface area contributed by atoms with Crippen molar-refractivity contribution >= 4 is 33.1 Å². The van der Waals surface area contributed by atoms with Crippen LogP contribution in [0, 0.1) is 18.7 Å². The van der Waals surface area contributed by atoms with E-state index in [0.29, 0.717) is 23.0 Å². The molecular weight excluding hydrogens is 555 g/mol. The quantitative estimate of drug-likeness (QED) is 0.240. The Morgan fingerprint density at radius 2 is 1.98 bits per heavy atom. The molecule has 10 heteroatoms. The Bertz CT molecular complexity index is 1890. The van der Waals surface area contributed by atoms with E-state index in [1.165, 1.54) is 34.5 Å². The number of pyridine rings is 1. The third-order valence-electron chi connectivity index (χ3n) is 8.20. The topological polar surface area (TPSA) is 87.4 Å². The van der Waals surface area contributed by atoms with Crippen molar-refractivity contribution < 1.29 is 18.7 Å². The van der Waals surface area contributed by atoms with Gasteiger partial charge in [0, 0.05) is 35.9 Å². The number of fused-ring (bicyclic) bond motifs is 1. The lowest BCUT2D eigenvalue weighted by molar-refractivity contribution is 0.0873. The van der Waals surface area contributed by atoms with Gasteiger partial charge in [-0.05, 0) is 68.9 Å². The van der Waals surface area contributed by atoms with Gasteiger partial charge >= 0.3 is 0 Å². The van der Waals surface area contributed by atoms with Gasteiger partial charge in [-0.15, -0.1) is 11.3 Å². The minimum absolute atomic E-state index is 0.00812. The van der Waals surface area contributed by atoms with Crippen LogP contribution in [0.4, 0.5) is 10.1 Å². The Hall–Kier alpha value is -4.28. The monoisotopic (exact) mass is 584 g/mol. The molecule has 2 aliphatic rings. The molecule has 1 N–H and O–H groups in total. The summed E-state index contributed by atoms with van der Waals surface area (Å²) in [6.07, 6.45) is 6.04. The number of halogens is 1. The summed E-state index contributed by atoms with van der Waals surface area (Å²) < 4.78 is 31.1. The van der Waals surface area contributed by atoms with Gasteiger partial charge in [-0.2, -0.15) is 0 Å². The van der Waals surface area contributed by atoms with Gasteiger partial charge in [-0.1, -0.05) is 18.2 Å². The molecule has 1 spiro atoms. The minimum Gasteiger partial charge on any atom is -0.453 e. The van der Waals surface area contributed by atoms with Gasteiger partial charge in [0.1, 0.15) is 11.3 Å². The maximum absolute atomic E-state index is 15.2. The van der Waals surface area contributed by atoms with Crippen molar-refractivity contribution in [3.63, 3.8) is 0 Å². The number of hydrogen-bond acceptors (Lipinski definition) is 6. The Morgan fingerprint density at radius 3 is 2.71 bits per heavy atom. The van der Waals surface area contributed by atoms with E-state index in [1.54, 1.807) is 60.5 Å². The predicted molar refractivity (Wildman–Crippen MR) is 160 cm³/mol. The van der Waals surface area contributed by atoms with Gasteiger partial charge in [-0.25, -0.2) is 9.07 Å². The Balaban J connectivity index is 1.08. The fourth-order valence-corrected chi connectivity index (χ4v) is 6.97. The lowest BCUT2D eigenvalue weighted by atomic mass is 10.00. The molecule has 7 rings (SSSR count). The number of hydrogen-bond donors (Lipinski definition) is 1. The summed E-state index contributed by atoms with van der Waals surface area (Å²) in [6.45, 7) is 2.50. The number of aromatic nitrogens is 3. The summed E-state index contributed by atoms with van der Waals surface area (Å²) in [5, 5.41) is 2.66. The molecule has 42 heavy (non-hydrogen) atoms. The van der Waals surface area contributed by atoms with E-state index in [-0.39, 0.29) is 22.6 Å². The predicted octanol–water partition coefficient (Wildman–Crippen LogP) is 6.39. The Morgan fingerprint density at radius 1 is 1.17 bits per heavy atom. The van der Waals surface area contributed by atoms with Crippen LogP contribution >= 0.6 is 11.3 Å². The van der Waals surface area contributed by atoms with Crippen LogP contribution in [0.1, 0.15) is 40.2 Å². The summed E-state index contributed by atoms with van der Waals surface area (Å²) in [7, 11) is 1.71. The van der Waals surface area contributed by atoms with Crippen LogP contribution in [0.15, 0.2) is 71.7 Å². The highest BCUT2D eigenvalue weighted by molar-refractivity contribution is 7.19. The second-order valence-electron chi connectivity index (χ2n) is 11.1. The van der Waals surface area contributed by atoms with Crippen molar-refractivity contribution in [2.75, 3.05) is 11.9 Å². The first kappa shape index (κ1) is 26.6. The molecular formula is C32H29FN4O4S. The molecule has 4 heterocycles. The molecule has 1 aliphatic heterocycles. The molecule has 1 atom stereocenters. The number of para-hydroxylation sites is 1. The summed E-state index contributed by atoms with van der Waals surface area (Å²) in [5.41, 5.74) is 1.85. The standard InChI is InChI=1S/C32H29FN4O4S/c1-19-28(31(39)37(36(19)2)22-6-4-3-5-7-22)30(38)35-21-8-9-26(24(33)15-21)41-27-10-13-34-25-16-23(42-29(25)27)14-20-17-32(11-12-32)40-18-20/h3-10,13,15-16,20H,11-12,14,17-18H2,1-2H3,(H,35,38). The number of rotatable bonds is 7. The van der Waals surface area contributed by atoms with Crippen molar-refractivity contribution in [1.29, 1.82) is 0 Å². The van der Waals surface area contributed by atoms with Crippen molar-refractivity contribution in [2.45, 2.75) is 38.2 Å². The number of carbonyl (C=O) groups excluding carboxylic acids is 1. The molecule has 2 fully saturated rings. The van der Waals surface area contributed by atoms with Crippen LogP contribution in [0.5, 0.6) is 11.5 Å². The second kappa shape index (κ2) is 10.2. The van der Waals surface area contributed by atoms with E-state index in [2.05, 4.69) is 16.4 Å². The summed E-state index contributed by atoms with van der Waals surface area (Å²) >= 11 is 1.61. The van der Waals surface area contributed by atoms with Crippen molar-refractivity contribution in [3.05, 3.63) is 99.2 Å². The second-order valence-corrected chi connectivity index (χ2v) is 12.3. The average molecular weight is 585 g/mol. The van der Waals surface area contributed by atoms with E-state index < -0.39 is 17.3 Å². The molecule has 3 aromatic heterocycles. The van der Waals surface area contributed by atoms with E-state index in [9.17, 15) is 9.59 Å². The molecule has 1 unspecified atom stereocenters. The number of nitrogens with one attached hydrogen (secondary N) is 1. The smallest absolute Gasteiger partial charge is 0.284 e. The van der Waals surface area contributed by atoms with Gasteiger partial charge < -0.3 is 14.8 Å². The number of ether oxygens (including phenoxy) is 2. The van der Waals surface area contributed by atoms with Crippen LogP contribution in [-0.4, -0.2) is 32.5 Å². The largest absolute Gasteiger partial charge is 0.453 e. The van der Waals surface area contributed by atoms with Gasteiger partial charge in [0.15, 0.2) is 11.6 Å². The Kier molecular flexibility index (Phi) is 6.47. The fraction of sp³-hybridized carbons (Fsp3) is 0.281. The van der Waals surface area contributed by atoms with Gasteiger partial charge in [0.2, 0.25) is 0 Å². The van der Waals surface area contributed by atoms with E-state index >= 15 is 4.39 Å². The van der Waals surface area contributed by atoms with Crippen LogP contribution in [0.25, 0.3) is 15.9 Å². The van der Waals surface area contributed by atoms with Crippen molar-refractivity contribution in [2.24, 2.45) is 13.0 Å². The first-order valence-electron chi connectivity index (χ1n) is 13.9. The van der Waals surface area contributed by atoms with Crippen LogP contribution in [0.3, 0.4) is 0 Å². The summed E-state index contributed by atoms with van der Waals surface area (Å²) in [5.74, 6) is -0.199. The molecule has 2 aromatic carbocycles. The molecule has 1 amide bonds. The highest BCUT2D eigenvalue weighted by Crippen LogP contribution is 2.50. The zero-order valence-corrected chi connectivity index (χ0v) is 24.0. The van der Waals surface area contributed by atoms with Gasteiger partial charge in [0.25, 0.3) is 11.5 Å². The molecule has 1 aliphatic carbocycles. The lowest BCUT2D eigenvalue weighted by Crippen LogP contribution is -2.25. The fourth-order valence-electron chi connectivity index (χ4n) is 5.79. The first-order valence-corrected chi connectivity index (χ1v) is 14.8. The number of amides is 1. The van der Waals surface area contributed by atoms with Crippen LogP contribution < -0.4 is 15.6 Å². The van der Waals surface area contributed by atoms with E-state index in [1.807, 2.05) is 18.2 Å². The number of anilines is 1. The molecule has 5 aromatic rings. The van der Waals surface area contributed by atoms with Gasteiger partial charge in [0.05, 0.1) is 33.8 Å². The maximum atomic E-state index is 15.2. The summed E-state index contributed by atoms with van der Waals surface area (Å²) in [6, 6.07) is 17.1. The van der Waals surface area contributed by atoms with Crippen molar-refractivity contribution in [3.8, 4) is 17.2 Å². The number of carbonyl (C=O) groups is 1. The molecule has 1 saturated carbocycles. The number of benzene rings is 2. The third kappa shape index (κ3) is 4.80. The Labute approximate surface area is 245 Å². The van der Waals surface area contributed by atoms with E-state index in [4.69, 9.17) is 9.47 Å². The lowest BCUT2D eigenvalue weighted by Gasteiger charge is -2.10. The van der Waals surface area contributed by atoms with Crippen LogP contribution in [0.2, 0.25) is 0 Å². The molecule has 0 bridgehead atoms. The molecule has 8 nitrogen and oxygen atoms in total. The van der Waals surface area contributed by atoms with E-state index in [0.717, 1.165) is 29.7 Å². The maximum Gasteiger partial charge on any atom is 0.284 e. The summed E-state index contributed by atoms with van der Waals surface area (Å²) in [4.78, 5) is 32.0. The van der Waals surface area contributed by atoms with Gasteiger partial charge in [-0.3, -0.25) is 19.3 Å². The zero-order valence-electron chi connectivity index (χ0n) is 23.2. The van der Waals surface area contributed by atoms with Crippen molar-refractivity contribution in [1.82, 2.24) is 14.3 Å². The number of nitrogens with zero attached hydrogens (tertiary/aromatic N) is 3. The SMILES string of the molecule is Cc1c(C(=O)Nc2ccc(Oc3ccnc4cc(CC5COC6(CC6)C5)sc34)c(F)c2)c(=O)n(-c2ccccc2)n1C. The molecule has 1 saturated heterocycles. The molecule has 0 radical (unpaired) electrons. The zero-order chi connectivity index (χ0) is 29.0. The molecule has 214 valence electrons. The number of thiophene rings is 1. The highest BCUT2D eigenvalue weighted by atomic mass is 32.1.